The number of aliphatic hydroxyl groups excluding tert-OH is 1. The van der Waals surface area contributed by atoms with Crippen molar-refractivity contribution >= 4 is 5.96 Å². The summed E-state index contributed by atoms with van der Waals surface area (Å²) in [5.74, 6) is 2.30. The molecule has 0 amide bonds. The van der Waals surface area contributed by atoms with Crippen LogP contribution in [0.25, 0.3) is 0 Å². The standard InChI is InChI=1S/C15H26N4O2/c1-5-16-14(19-7-6-11(20)10-19)18-9-13-17-8-12(21-13)15(2,3)4/h8,11,20H,5-7,9-10H2,1-4H3,(H,16,18)/t11-/m1/s1. The van der Waals surface area contributed by atoms with Crippen molar-refractivity contribution in [2.24, 2.45) is 4.99 Å². The summed E-state index contributed by atoms with van der Waals surface area (Å²) in [5.41, 5.74) is -0.0431. The third kappa shape index (κ3) is 4.20. The molecule has 0 aromatic carbocycles. The minimum absolute atomic E-state index is 0.0431. The van der Waals surface area contributed by atoms with E-state index in [2.05, 4.69) is 41.0 Å². The van der Waals surface area contributed by atoms with Gasteiger partial charge in [-0.25, -0.2) is 9.98 Å². The first-order chi connectivity index (χ1) is 9.90. The first kappa shape index (κ1) is 15.8. The van der Waals surface area contributed by atoms with E-state index < -0.39 is 0 Å². The van der Waals surface area contributed by atoms with Gasteiger partial charge >= 0.3 is 0 Å². The normalized spacial score (nSPS) is 20.1. The zero-order valence-corrected chi connectivity index (χ0v) is 13.4. The molecule has 2 rings (SSSR count). The number of likely N-dealkylation sites (tertiary alicyclic amines) is 1. The molecule has 0 spiro atoms. The smallest absolute Gasteiger partial charge is 0.216 e. The Morgan fingerprint density at radius 1 is 1.57 bits per heavy atom. The van der Waals surface area contributed by atoms with Gasteiger partial charge in [0, 0.05) is 25.0 Å². The Kier molecular flexibility index (Phi) is 4.88. The fourth-order valence-corrected chi connectivity index (χ4v) is 2.23. The van der Waals surface area contributed by atoms with Crippen LogP contribution >= 0.6 is 0 Å². The van der Waals surface area contributed by atoms with Crippen molar-refractivity contribution in [1.29, 1.82) is 0 Å². The highest BCUT2D eigenvalue weighted by atomic mass is 16.4. The van der Waals surface area contributed by atoms with Crippen molar-refractivity contribution in [3.63, 3.8) is 0 Å². The zero-order valence-electron chi connectivity index (χ0n) is 13.4. The molecule has 118 valence electrons. The molecule has 2 heterocycles. The summed E-state index contributed by atoms with van der Waals surface area (Å²) in [6.45, 7) is 11.0. The van der Waals surface area contributed by atoms with Gasteiger partial charge in [-0.3, -0.25) is 0 Å². The molecule has 1 aromatic heterocycles. The third-order valence-electron chi connectivity index (χ3n) is 3.45. The van der Waals surface area contributed by atoms with Crippen LogP contribution in [0.15, 0.2) is 15.6 Å². The molecule has 1 aliphatic heterocycles. The van der Waals surface area contributed by atoms with Crippen LogP contribution in [0.5, 0.6) is 0 Å². The SMILES string of the molecule is CCNC(=NCc1ncc(C(C)(C)C)o1)N1CC[C@@H](O)C1. The topological polar surface area (TPSA) is 73.9 Å². The molecule has 1 aromatic rings. The van der Waals surface area contributed by atoms with Crippen LogP contribution in [0.1, 0.15) is 45.8 Å². The maximum absolute atomic E-state index is 9.64. The third-order valence-corrected chi connectivity index (χ3v) is 3.45. The fourth-order valence-electron chi connectivity index (χ4n) is 2.23. The van der Waals surface area contributed by atoms with E-state index in [1.165, 1.54) is 0 Å². The molecule has 0 aliphatic carbocycles. The number of aliphatic hydroxyl groups is 1. The first-order valence-electron chi connectivity index (χ1n) is 7.56. The van der Waals surface area contributed by atoms with Crippen molar-refractivity contribution in [2.75, 3.05) is 19.6 Å². The van der Waals surface area contributed by atoms with E-state index in [0.29, 0.717) is 19.0 Å². The van der Waals surface area contributed by atoms with Gasteiger partial charge in [-0.1, -0.05) is 20.8 Å². The predicted molar refractivity (Wildman–Crippen MR) is 82.2 cm³/mol. The van der Waals surface area contributed by atoms with Gasteiger partial charge in [-0.05, 0) is 13.3 Å². The van der Waals surface area contributed by atoms with Gasteiger partial charge in [0.05, 0.1) is 12.3 Å². The minimum atomic E-state index is -0.261. The Morgan fingerprint density at radius 2 is 2.33 bits per heavy atom. The largest absolute Gasteiger partial charge is 0.443 e. The van der Waals surface area contributed by atoms with E-state index in [-0.39, 0.29) is 11.5 Å². The summed E-state index contributed by atoms with van der Waals surface area (Å²) < 4.78 is 5.75. The lowest BCUT2D eigenvalue weighted by Gasteiger charge is -2.20. The van der Waals surface area contributed by atoms with E-state index >= 15 is 0 Å². The number of hydrogen-bond acceptors (Lipinski definition) is 4. The number of guanidine groups is 1. The predicted octanol–water partition coefficient (Wildman–Crippen LogP) is 1.50. The average molecular weight is 294 g/mol. The molecule has 0 saturated carbocycles. The molecule has 0 bridgehead atoms. The zero-order chi connectivity index (χ0) is 15.5. The van der Waals surface area contributed by atoms with Gasteiger partial charge in [0.15, 0.2) is 5.96 Å². The van der Waals surface area contributed by atoms with Crippen molar-refractivity contribution < 1.29 is 9.52 Å². The van der Waals surface area contributed by atoms with Crippen molar-refractivity contribution in [1.82, 2.24) is 15.2 Å². The molecule has 1 saturated heterocycles. The Balaban J connectivity index is 2.04. The van der Waals surface area contributed by atoms with Crippen LogP contribution in [0, 0.1) is 0 Å². The number of β-amino-alcohol motifs (C(OH)–C–C–N with tert-alkyl or cyclic N) is 1. The molecular formula is C15H26N4O2. The molecule has 21 heavy (non-hydrogen) atoms. The molecule has 1 aliphatic rings. The van der Waals surface area contributed by atoms with Gasteiger partial charge in [0.1, 0.15) is 12.3 Å². The Morgan fingerprint density at radius 3 is 2.86 bits per heavy atom. The second-order valence-corrected chi connectivity index (χ2v) is 6.43. The Labute approximate surface area is 126 Å². The first-order valence-corrected chi connectivity index (χ1v) is 7.56. The summed E-state index contributed by atoms with van der Waals surface area (Å²) in [7, 11) is 0. The number of nitrogens with zero attached hydrogens (tertiary/aromatic N) is 3. The van der Waals surface area contributed by atoms with Crippen molar-refractivity contribution in [2.45, 2.75) is 52.2 Å². The molecule has 0 unspecified atom stereocenters. The monoisotopic (exact) mass is 294 g/mol. The summed E-state index contributed by atoms with van der Waals surface area (Å²) >= 11 is 0. The van der Waals surface area contributed by atoms with Crippen LogP contribution < -0.4 is 5.32 Å². The fraction of sp³-hybridized carbons (Fsp3) is 0.733. The lowest BCUT2D eigenvalue weighted by atomic mass is 9.94. The van der Waals surface area contributed by atoms with Crippen LogP contribution in [0.3, 0.4) is 0 Å². The summed E-state index contributed by atoms with van der Waals surface area (Å²) in [6.07, 6.45) is 2.30. The highest BCUT2D eigenvalue weighted by Gasteiger charge is 2.23. The Bertz CT molecular complexity index is 490. The number of nitrogens with one attached hydrogen (secondary N) is 1. The molecule has 6 nitrogen and oxygen atoms in total. The van der Waals surface area contributed by atoms with E-state index in [0.717, 1.165) is 31.2 Å². The maximum Gasteiger partial charge on any atom is 0.216 e. The summed E-state index contributed by atoms with van der Waals surface area (Å²) in [6, 6.07) is 0. The summed E-state index contributed by atoms with van der Waals surface area (Å²) in [5, 5.41) is 12.9. The van der Waals surface area contributed by atoms with Gasteiger partial charge in [0.2, 0.25) is 5.89 Å². The van der Waals surface area contributed by atoms with Gasteiger partial charge in [-0.15, -0.1) is 0 Å². The number of oxazole rings is 1. The van der Waals surface area contributed by atoms with E-state index in [1.807, 2.05) is 6.92 Å². The van der Waals surface area contributed by atoms with Crippen molar-refractivity contribution in [3.05, 3.63) is 17.8 Å². The van der Waals surface area contributed by atoms with Gasteiger partial charge in [0.25, 0.3) is 0 Å². The van der Waals surface area contributed by atoms with Crippen LogP contribution in [0.2, 0.25) is 0 Å². The van der Waals surface area contributed by atoms with E-state index in [1.54, 1.807) is 6.20 Å². The quantitative estimate of drug-likeness (QED) is 0.653. The molecule has 0 radical (unpaired) electrons. The number of aromatic nitrogens is 1. The van der Waals surface area contributed by atoms with Crippen molar-refractivity contribution in [3.8, 4) is 0 Å². The van der Waals surface area contributed by atoms with E-state index in [9.17, 15) is 5.11 Å². The molecule has 2 N–H and O–H groups in total. The lowest BCUT2D eigenvalue weighted by Crippen LogP contribution is -2.40. The van der Waals surface area contributed by atoms with Crippen LogP contribution in [-0.4, -0.2) is 46.7 Å². The highest BCUT2D eigenvalue weighted by Crippen LogP contribution is 2.22. The molecular weight excluding hydrogens is 268 g/mol. The van der Waals surface area contributed by atoms with E-state index in [4.69, 9.17) is 4.42 Å². The maximum atomic E-state index is 9.64. The van der Waals surface area contributed by atoms with Crippen LogP contribution in [0.4, 0.5) is 0 Å². The number of rotatable bonds is 3. The second-order valence-electron chi connectivity index (χ2n) is 6.43. The lowest BCUT2D eigenvalue weighted by molar-refractivity contribution is 0.187. The van der Waals surface area contributed by atoms with Crippen LogP contribution in [-0.2, 0) is 12.0 Å². The molecule has 6 heteroatoms. The molecule has 1 atom stereocenters. The minimum Gasteiger partial charge on any atom is -0.443 e. The molecule has 1 fully saturated rings. The highest BCUT2D eigenvalue weighted by molar-refractivity contribution is 5.80. The van der Waals surface area contributed by atoms with Gasteiger partial charge in [-0.2, -0.15) is 0 Å². The average Bonchev–Trinajstić information content (AvgIpc) is 3.02. The number of hydrogen-bond donors (Lipinski definition) is 2. The second kappa shape index (κ2) is 6.47. The number of aliphatic imine (C=N–C) groups is 1. The Hall–Kier alpha value is -1.56. The van der Waals surface area contributed by atoms with Gasteiger partial charge < -0.3 is 19.7 Å². The summed E-state index contributed by atoms with van der Waals surface area (Å²) in [4.78, 5) is 10.9.